The van der Waals surface area contributed by atoms with E-state index in [1.165, 1.54) is 32.2 Å². The Labute approximate surface area is 104 Å². The van der Waals surface area contributed by atoms with Gasteiger partial charge in [-0.2, -0.15) is 0 Å². The lowest BCUT2D eigenvalue weighted by molar-refractivity contribution is 0.146. The SMILES string of the molecule is CCC12CCCNC1c1ccccc1C2.Cl. The largest absolute Gasteiger partial charge is 0.309 e. The van der Waals surface area contributed by atoms with Crippen molar-refractivity contribution < 1.29 is 0 Å². The summed E-state index contributed by atoms with van der Waals surface area (Å²) in [5.74, 6) is 0. The Kier molecular flexibility index (Phi) is 3.27. The molecule has 2 heteroatoms. The van der Waals surface area contributed by atoms with Crippen molar-refractivity contribution in [2.24, 2.45) is 5.41 Å². The molecule has 1 N–H and O–H groups in total. The van der Waals surface area contributed by atoms with Crippen LogP contribution in [0.5, 0.6) is 0 Å². The molecule has 16 heavy (non-hydrogen) atoms. The van der Waals surface area contributed by atoms with Gasteiger partial charge in [0.15, 0.2) is 0 Å². The van der Waals surface area contributed by atoms with Crippen LogP contribution in [0.4, 0.5) is 0 Å². The van der Waals surface area contributed by atoms with E-state index in [1.54, 1.807) is 11.1 Å². The normalized spacial score (nSPS) is 31.4. The number of piperidine rings is 1. The van der Waals surface area contributed by atoms with Crippen LogP contribution in [0.1, 0.15) is 43.4 Å². The summed E-state index contributed by atoms with van der Waals surface area (Å²) < 4.78 is 0. The van der Waals surface area contributed by atoms with E-state index >= 15 is 0 Å². The van der Waals surface area contributed by atoms with Crippen molar-refractivity contribution in [2.75, 3.05) is 6.54 Å². The predicted molar refractivity (Wildman–Crippen MR) is 70.1 cm³/mol. The number of benzene rings is 1. The van der Waals surface area contributed by atoms with Gasteiger partial charge >= 0.3 is 0 Å². The smallest absolute Gasteiger partial charge is 0.0383 e. The lowest BCUT2D eigenvalue weighted by Crippen LogP contribution is -2.40. The fraction of sp³-hybridized carbons (Fsp3) is 0.571. The highest BCUT2D eigenvalue weighted by atomic mass is 35.5. The number of hydrogen-bond donors (Lipinski definition) is 1. The third kappa shape index (κ3) is 1.57. The van der Waals surface area contributed by atoms with E-state index in [0.717, 1.165) is 0 Å². The Balaban J connectivity index is 0.000000963. The Morgan fingerprint density at radius 2 is 2.19 bits per heavy atom. The molecule has 3 rings (SSSR count). The van der Waals surface area contributed by atoms with Crippen molar-refractivity contribution in [3.8, 4) is 0 Å². The van der Waals surface area contributed by atoms with E-state index in [0.29, 0.717) is 11.5 Å². The molecule has 1 nitrogen and oxygen atoms in total. The number of hydrogen-bond acceptors (Lipinski definition) is 1. The molecular weight excluding hydrogens is 218 g/mol. The summed E-state index contributed by atoms with van der Waals surface area (Å²) in [4.78, 5) is 0. The summed E-state index contributed by atoms with van der Waals surface area (Å²) in [6.45, 7) is 3.55. The van der Waals surface area contributed by atoms with Gasteiger partial charge in [0, 0.05) is 6.04 Å². The molecule has 2 atom stereocenters. The molecule has 2 unspecified atom stereocenters. The Hall–Kier alpha value is -0.530. The van der Waals surface area contributed by atoms with E-state index in [2.05, 4.69) is 36.5 Å². The van der Waals surface area contributed by atoms with Gasteiger partial charge in [-0.05, 0) is 48.8 Å². The van der Waals surface area contributed by atoms with Gasteiger partial charge in [-0.1, -0.05) is 31.2 Å². The molecule has 1 fully saturated rings. The maximum atomic E-state index is 3.73. The van der Waals surface area contributed by atoms with Gasteiger partial charge in [0.25, 0.3) is 0 Å². The highest BCUT2D eigenvalue weighted by molar-refractivity contribution is 5.85. The number of halogens is 1. The predicted octanol–water partition coefficient (Wildman–Crippen LogP) is 3.49. The number of fused-ring (bicyclic) bond motifs is 3. The van der Waals surface area contributed by atoms with Crippen molar-refractivity contribution in [1.29, 1.82) is 0 Å². The highest BCUT2D eigenvalue weighted by Gasteiger charge is 2.45. The fourth-order valence-electron chi connectivity index (χ4n) is 3.54. The molecular formula is C14H20ClN. The zero-order valence-electron chi connectivity index (χ0n) is 9.83. The lowest BCUT2D eigenvalue weighted by Gasteiger charge is -2.40. The van der Waals surface area contributed by atoms with Crippen molar-refractivity contribution >= 4 is 12.4 Å². The van der Waals surface area contributed by atoms with E-state index < -0.39 is 0 Å². The summed E-state index contributed by atoms with van der Waals surface area (Å²) in [6, 6.07) is 9.62. The number of nitrogens with one attached hydrogen (secondary N) is 1. The van der Waals surface area contributed by atoms with E-state index in [9.17, 15) is 0 Å². The minimum atomic E-state index is 0. The van der Waals surface area contributed by atoms with E-state index in [4.69, 9.17) is 0 Å². The topological polar surface area (TPSA) is 12.0 Å². The first-order chi connectivity index (χ1) is 7.36. The van der Waals surface area contributed by atoms with Crippen molar-refractivity contribution in [2.45, 2.75) is 38.6 Å². The maximum absolute atomic E-state index is 3.73. The zero-order chi connectivity index (χ0) is 10.3. The first-order valence-corrected chi connectivity index (χ1v) is 6.17. The van der Waals surface area contributed by atoms with Crippen LogP contribution in [0.2, 0.25) is 0 Å². The zero-order valence-corrected chi connectivity index (χ0v) is 10.6. The van der Waals surface area contributed by atoms with Crippen LogP contribution < -0.4 is 5.32 Å². The van der Waals surface area contributed by atoms with Gasteiger partial charge in [0.1, 0.15) is 0 Å². The number of rotatable bonds is 1. The van der Waals surface area contributed by atoms with Crippen LogP contribution in [-0.2, 0) is 6.42 Å². The molecule has 1 aromatic rings. The van der Waals surface area contributed by atoms with E-state index in [1.807, 2.05) is 0 Å². The maximum Gasteiger partial charge on any atom is 0.0383 e. The summed E-state index contributed by atoms with van der Waals surface area (Å²) in [5, 5.41) is 3.73. The second-order valence-corrected chi connectivity index (χ2v) is 5.08. The molecule has 0 aromatic heterocycles. The van der Waals surface area contributed by atoms with Gasteiger partial charge in [-0.15, -0.1) is 12.4 Å². The van der Waals surface area contributed by atoms with Crippen LogP contribution in [0.25, 0.3) is 0 Å². The van der Waals surface area contributed by atoms with Crippen molar-refractivity contribution in [3.63, 3.8) is 0 Å². The van der Waals surface area contributed by atoms with Crippen LogP contribution in [0.15, 0.2) is 24.3 Å². The minimum Gasteiger partial charge on any atom is -0.309 e. The lowest BCUT2D eigenvalue weighted by atomic mass is 9.72. The molecule has 0 amide bonds. The summed E-state index contributed by atoms with van der Waals surface area (Å²) in [7, 11) is 0. The molecule has 0 spiro atoms. The Morgan fingerprint density at radius 1 is 1.38 bits per heavy atom. The van der Waals surface area contributed by atoms with Crippen LogP contribution in [0, 0.1) is 5.41 Å². The summed E-state index contributed by atoms with van der Waals surface area (Å²) >= 11 is 0. The molecule has 1 aromatic carbocycles. The Morgan fingerprint density at radius 3 is 3.00 bits per heavy atom. The summed E-state index contributed by atoms with van der Waals surface area (Å²) in [6.07, 6.45) is 5.34. The average molecular weight is 238 g/mol. The third-order valence-electron chi connectivity index (χ3n) is 4.43. The fourth-order valence-corrected chi connectivity index (χ4v) is 3.54. The molecule has 0 saturated carbocycles. The molecule has 88 valence electrons. The van der Waals surface area contributed by atoms with Gasteiger partial charge in [0.05, 0.1) is 0 Å². The minimum absolute atomic E-state index is 0. The molecule has 1 heterocycles. The highest BCUT2D eigenvalue weighted by Crippen LogP contribution is 2.52. The van der Waals surface area contributed by atoms with Crippen LogP contribution >= 0.6 is 12.4 Å². The van der Waals surface area contributed by atoms with Crippen molar-refractivity contribution in [3.05, 3.63) is 35.4 Å². The van der Waals surface area contributed by atoms with Gasteiger partial charge in [-0.25, -0.2) is 0 Å². The van der Waals surface area contributed by atoms with Gasteiger partial charge < -0.3 is 5.32 Å². The van der Waals surface area contributed by atoms with E-state index in [-0.39, 0.29) is 12.4 Å². The monoisotopic (exact) mass is 237 g/mol. The quantitative estimate of drug-likeness (QED) is 0.789. The second kappa shape index (κ2) is 4.38. The van der Waals surface area contributed by atoms with Crippen molar-refractivity contribution in [1.82, 2.24) is 5.32 Å². The molecule has 1 aliphatic heterocycles. The first kappa shape index (κ1) is 11.9. The van der Waals surface area contributed by atoms with Gasteiger partial charge in [-0.3, -0.25) is 0 Å². The Bertz CT molecular complexity index is 377. The molecule has 1 aliphatic carbocycles. The first-order valence-electron chi connectivity index (χ1n) is 6.17. The standard InChI is InChI=1S/C14H19N.ClH/c1-2-14-8-5-9-15-13(14)12-7-4-3-6-11(12)10-14;/h3-4,6-7,13,15H,2,5,8-10H2,1H3;1H. The molecule has 2 aliphatic rings. The molecule has 0 radical (unpaired) electrons. The second-order valence-electron chi connectivity index (χ2n) is 5.08. The van der Waals surface area contributed by atoms with Gasteiger partial charge in [0.2, 0.25) is 0 Å². The van der Waals surface area contributed by atoms with Crippen LogP contribution in [0.3, 0.4) is 0 Å². The molecule has 0 bridgehead atoms. The summed E-state index contributed by atoms with van der Waals surface area (Å²) in [5.41, 5.74) is 3.68. The third-order valence-corrected chi connectivity index (χ3v) is 4.43. The average Bonchev–Trinajstić information content (AvgIpc) is 2.64. The molecule has 1 saturated heterocycles. The van der Waals surface area contributed by atoms with Crippen LogP contribution in [-0.4, -0.2) is 6.54 Å².